The Hall–Kier alpha value is -4.38. The number of hydrogen-bond acceptors (Lipinski definition) is 3. The zero-order valence-corrected chi connectivity index (χ0v) is 16.3. The summed E-state index contributed by atoms with van der Waals surface area (Å²) in [6.45, 7) is 0. The molecule has 5 nitrogen and oxygen atoms in total. The van der Waals surface area contributed by atoms with Gasteiger partial charge in [-0.2, -0.15) is 4.98 Å². The van der Waals surface area contributed by atoms with E-state index in [1.54, 1.807) is 4.40 Å². The molecule has 5 heteroatoms. The van der Waals surface area contributed by atoms with E-state index in [9.17, 15) is 4.79 Å². The van der Waals surface area contributed by atoms with Gasteiger partial charge in [-0.25, -0.2) is 4.40 Å². The number of rotatable bonds is 1. The van der Waals surface area contributed by atoms with E-state index in [4.69, 9.17) is 4.42 Å². The lowest BCUT2D eigenvalue weighted by atomic mass is 10.1. The highest BCUT2D eigenvalue weighted by Gasteiger charge is 2.17. The molecule has 0 saturated heterocycles. The molecule has 0 saturated carbocycles. The van der Waals surface area contributed by atoms with Crippen molar-refractivity contribution in [3.63, 3.8) is 0 Å². The molecule has 0 aliphatic heterocycles. The topological polar surface area (TPSA) is 52.4 Å². The van der Waals surface area contributed by atoms with Gasteiger partial charge in [-0.15, -0.1) is 0 Å². The number of para-hydroxylation sites is 4. The summed E-state index contributed by atoms with van der Waals surface area (Å²) < 4.78 is 9.91. The van der Waals surface area contributed by atoms with Crippen LogP contribution in [0, 0.1) is 0 Å². The van der Waals surface area contributed by atoms with Gasteiger partial charge >= 0.3 is 5.84 Å². The van der Waals surface area contributed by atoms with Crippen LogP contribution >= 0.6 is 0 Å². The number of hydrogen-bond donors (Lipinski definition) is 0. The predicted octanol–water partition coefficient (Wildman–Crippen LogP) is 5.69. The Labute approximate surface area is 175 Å². The Bertz CT molecular complexity index is 1860. The van der Waals surface area contributed by atoms with E-state index in [1.807, 2.05) is 66.7 Å². The van der Waals surface area contributed by atoms with Crippen molar-refractivity contribution < 1.29 is 4.42 Å². The molecule has 0 radical (unpaired) electrons. The Morgan fingerprint density at radius 1 is 0.677 bits per heavy atom. The van der Waals surface area contributed by atoms with Crippen molar-refractivity contribution in [3.8, 4) is 5.69 Å². The van der Waals surface area contributed by atoms with Gasteiger partial charge in [0.1, 0.15) is 5.58 Å². The highest BCUT2D eigenvalue weighted by molar-refractivity contribution is 6.13. The SMILES string of the molecule is O=c1c2cc3c4ccccc4n(-c4ccccc4)c3cc2oc2nc3ccccc3n12. The summed E-state index contributed by atoms with van der Waals surface area (Å²) in [5.74, 6) is 0.306. The molecule has 0 amide bonds. The Kier molecular flexibility index (Phi) is 3.09. The van der Waals surface area contributed by atoms with Crippen molar-refractivity contribution >= 4 is 49.7 Å². The number of benzene rings is 4. The van der Waals surface area contributed by atoms with Crippen molar-refractivity contribution in [1.29, 1.82) is 0 Å². The molecule has 4 aromatic carbocycles. The van der Waals surface area contributed by atoms with Crippen molar-refractivity contribution in [2.45, 2.75) is 0 Å². The lowest BCUT2D eigenvalue weighted by Gasteiger charge is -2.07. The van der Waals surface area contributed by atoms with E-state index in [2.05, 4.69) is 33.8 Å². The molecule has 0 fully saturated rings. The van der Waals surface area contributed by atoms with Crippen molar-refractivity contribution in [2.24, 2.45) is 0 Å². The standard InChI is InChI=1S/C26H15N3O2/c30-25-19-14-18-17-10-4-6-12-21(17)28(16-8-2-1-3-9-16)23(18)15-24(19)31-26-27-20-11-5-7-13-22(20)29(25)26/h1-15H. The number of aromatic nitrogens is 3. The third-order valence-electron chi connectivity index (χ3n) is 5.95. The molecule has 0 aliphatic rings. The summed E-state index contributed by atoms with van der Waals surface area (Å²) >= 11 is 0. The van der Waals surface area contributed by atoms with E-state index in [1.165, 1.54) is 0 Å². The van der Waals surface area contributed by atoms with E-state index in [0.29, 0.717) is 16.8 Å². The van der Waals surface area contributed by atoms with Crippen molar-refractivity contribution in [2.75, 3.05) is 0 Å². The molecule has 0 bridgehead atoms. The molecule has 146 valence electrons. The molecular formula is C26H15N3O2. The fraction of sp³-hybridized carbons (Fsp3) is 0. The fourth-order valence-electron chi connectivity index (χ4n) is 4.59. The maximum atomic E-state index is 13.5. The van der Waals surface area contributed by atoms with Gasteiger partial charge in [0, 0.05) is 22.5 Å². The molecule has 31 heavy (non-hydrogen) atoms. The second-order valence-electron chi connectivity index (χ2n) is 7.68. The first-order chi connectivity index (χ1) is 15.3. The van der Waals surface area contributed by atoms with E-state index in [0.717, 1.165) is 38.5 Å². The minimum absolute atomic E-state index is 0.122. The zero-order valence-electron chi connectivity index (χ0n) is 16.3. The summed E-state index contributed by atoms with van der Waals surface area (Å²) in [7, 11) is 0. The van der Waals surface area contributed by atoms with E-state index in [-0.39, 0.29) is 5.56 Å². The Morgan fingerprint density at radius 3 is 2.29 bits per heavy atom. The molecule has 7 rings (SSSR count). The quantitative estimate of drug-likeness (QED) is 0.355. The van der Waals surface area contributed by atoms with Crippen LogP contribution in [0.4, 0.5) is 0 Å². The van der Waals surface area contributed by atoms with Crippen LogP contribution in [0.5, 0.6) is 0 Å². The average Bonchev–Trinajstić information content (AvgIpc) is 3.34. The van der Waals surface area contributed by atoms with Crippen LogP contribution in [0.2, 0.25) is 0 Å². The highest BCUT2D eigenvalue weighted by atomic mass is 16.4. The number of fused-ring (bicyclic) bond motifs is 7. The van der Waals surface area contributed by atoms with Crippen LogP contribution in [-0.2, 0) is 0 Å². The van der Waals surface area contributed by atoms with Gasteiger partial charge in [0.2, 0.25) is 0 Å². The summed E-state index contributed by atoms with van der Waals surface area (Å²) in [6.07, 6.45) is 0. The second kappa shape index (κ2) is 5.83. The molecule has 7 aromatic rings. The molecule has 0 spiro atoms. The minimum atomic E-state index is -0.122. The molecule has 0 atom stereocenters. The number of nitrogens with zero attached hydrogens (tertiary/aromatic N) is 3. The Morgan fingerprint density at radius 2 is 1.42 bits per heavy atom. The van der Waals surface area contributed by atoms with Crippen LogP contribution in [0.1, 0.15) is 0 Å². The lowest BCUT2D eigenvalue weighted by molar-refractivity contribution is 0.617. The summed E-state index contributed by atoms with van der Waals surface area (Å²) in [4.78, 5) is 18.0. The number of imidazole rings is 1. The summed E-state index contributed by atoms with van der Waals surface area (Å²) in [5, 5.41) is 2.65. The first-order valence-electron chi connectivity index (χ1n) is 10.1. The molecule has 3 aromatic heterocycles. The van der Waals surface area contributed by atoms with E-state index < -0.39 is 0 Å². The average molecular weight is 401 g/mol. The van der Waals surface area contributed by atoms with Crippen LogP contribution in [-0.4, -0.2) is 14.0 Å². The fourth-order valence-corrected chi connectivity index (χ4v) is 4.59. The van der Waals surface area contributed by atoms with Crippen LogP contribution in [0.3, 0.4) is 0 Å². The van der Waals surface area contributed by atoms with Crippen LogP contribution in [0.25, 0.3) is 55.3 Å². The largest absolute Gasteiger partial charge is 0.424 e. The van der Waals surface area contributed by atoms with Gasteiger partial charge in [0.25, 0.3) is 5.56 Å². The second-order valence-corrected chi connectivity index (χ2v) is 7.68. The van der Waals surface area contributed by atoms with Gasteiger partial charge in [-0.3, -0.25) is 4.79 Å². The molecule has 0 N–H and O–H groups in total. The first kappa shape index (κ1) is 16.4. The zero-order chi connectivity index (χ0) is 20.5. The van der Waals surface area contributed by atoms with Gasteiger partial charge in [-0.05, 0) is 36.4 Å². The molecule has 0 aliphatic carbocycles. The van der Waals surface area contributed by atoms with Crippen molar-refractivity contribution in [3.05, 3.63) is 101 Å². The summed E-state index contributed by atoms with van der Waals surface area (Å²) in [5.41, 5.74) is 5.03. The van der Waals surface area contributed by atoms with Gasteiger partial charge in [0.05, 0.1) is 27.5 Å². The third kappa shape index (κ3) is 2.15. The minimum Gasteiger partial charge on any atom is -0.424 e. The van der Waals surface area contributed by atoms with Gasteiger partial charge in [-0.1, -0.05) is 48.5 Å². The maximum Gasteiger partial charge on any atom is 0.310 e. The van der Waals surface area contributed by atoms with Gasteiger partial charge in [0.15, 0.2) is 0 Å². The summed E-state index contributed by atoms with van der Waals surface area (Å²) in [6, 6.07) is 29.9. The van der Waals surface area contributed by atoms with Gasteiger partial charge < -0.3 is 8.98 Å². The highest BCUT2D eigenvalue weighted by Crippen LogP contribution is 2.34. The van der Waals surface area contributed by atoms with Crippen LogP contribution < -0.4 is 5.56 Å². The normalized spacial score (nSPS) is 12.0. The van der Waals surface area contributed by atoms with Crippen molar-refractivity contribution in [1.82, 2.24) is 14.0 Å². The Balaban J connectivity index is 1.70. The molecular weight excluding hydrogens is 386 g/mol. The monoisotopic (exact) mass is 401 g/mol. The molecule has 0 unspecified atom stereocenters. The third-order valence-corrected chi connectivity index (χ3v) is 5.95. The predicted molar refractivity (Wildman–Crippen MR) is 123 cm³/mol. The van der Waals surface area contributed by atoms with E-state index >= 15 is 0 Å². The smallest absolute Gasteiger partial charge is 0.310 e. The maximum absolute atomic E-state index is 13.5. The lowest BCUT2D eigenvalue weighted by Crippen LogP contribution is -2.12. The first-order valence-corrected chi connectivity index (χ1v) is 10.1. The van der Waals surface area contributed by atoms with Crippen LogP contribution in [0.15, 0.2) is 100 Å². The molecule has 3 heterocycles.